The van der Waals surface area contributed by atoms with Gasteiger partial charge < -0.3 is 10.2 Å². The van der Waals surface area contributed by atoms with Gasteiger partial charge in [-0.3, -0.25) is 0 Å². The molecule has 0 bridgehead atoms. The SMILES string of the molecule is CNCCN(C)CC1=CC(S(=O)(=O)c2ccccc2)c2ccccc21. The quantitative estimate of drug-likeness (QED) is 0.829. The Balaban J connectivity index is 1.95. The second kappa shape index (κ2) is 7.52. The summed E-state index contributed by atoms with van der Waals surface area (Å²) in [5.41, 5.74) is 3.00. The zero-order valence-corrected chi connectivity index (χ0v) is 15.5. The topological polar surface area (TPSA) is 49.4 Å². The first-order chi connectivity index (χ1) is 12.0. The van der Waals surface area contributed by atoms with Crippen molar-refractivity contribution in [3.63, 3.8) is 0 Å². The molecule has 1 atom stereocenters. The summed E-state index contributed by atoms with van der Waals surface area (Å²) in [7, 11) is 0.541. The van der Waals surface area contributed by atoms with Crippen LogP contribution >= 0.6 is 0 Å². The summed E-state index contributed by atoms with van der Waals surface area (Å²) in [5, 5.41) is 2.53. The standard InChI is InChI=1S/C20H24N2O2S/c1-21-12-13-22(2)15-16-14-20(19-11-7-6-10-18(16)19)25(23,24)17-8-4-3-5-9-17/h3-11,14,20-21H,12-13,15H2,1-2H3. The van der Waals surface area contributed by atoms with Gasteiger partial charge in [0.2, 0.25) is 0 Å². The fraction of sp³-hybridized carbons (Fsp3) is 0.300. The minimum Gasteiger partial charge on any atom is -0.318 e. The summed E-state index contributed by atoms with van der Waals surface area (Å²) in [6.07, 6.45) is 1.92. The fourth-order valence-electron chi connectivity index (χ4n) is 3.22. The number of hydrogen-bond acceptors (Lipinski definition) is 4. The first kappa shape index (κ1) is 17.9. The van der Waals surface area contributed by atoms with E-state index in [1.165, 1.54) is 0 Å². The first-order valence-electron chi connectivity index (χ1n) is 8.46. The number of likely N-dealkylation sites (N-methyl/N-ethyl adjacent to an activating group) is 2. The lowest BCUT2D eigenvalue weighted by molar-refractivity contribution is 0.375. The van der Waals surface area contributed by atoms with Crippen LogP contribution < -0.4 is 5.32 Å². The van der Waals surface area contributed by atoms with Crippen LogP contribution in [0.15, 0.2) is 65.6 Å². The Bertz CT molecular complexity index is 860. The molecule has 0 saturated heterocycles. The molecule has 2 aromatic rings. The van der Waals surface area contributed by atoms with Gasteiger partial charge in [0.1, 0.15) is 5.25 Å². The van der Waals surface area contributed by atoms with E-state index >= 15 is 0 Å². The predicted molar refractivity (Wildman–Crippen MR) is 102 cm³/mol. The van der Waals surface area contributed by atoms with Crippen LogP contribution in [0.2, 0.25) is 0 Å². The summed E-state index contributed by atoms with van der Waals surface area (Å²) in [6, 6.07) is 16.5. The Kier molecular flexibility index (Phi) is 5.37. The van der Waals surface area contributed by atoms with Gasteiger partial charge in [0.25, 0.3) is 0 Å². The summed E-state index contributed by atoms with van der Waals surface area (Å²) in [5.74, 6) is 0. The van der Waals surface area contributed by atoms with Crippen molar-refractivity contribution in [2.75, 3.05) is 33.7 Å². The number of fused-ring (bicyclic) bond motifs is 1. The lowest BCUT2D eigenvalue weighted by Gasteiger charge is -2.17. The average Bonchev–Trinajstić information content (AvgIpc) is 3.00. The third-order valence-electron chi connectivity index (χ3n) is 4.56. The molecule has 132 valence electrons. The highest BCUT2D eigenvalue weighted by atomic mass is 32.2. The molecule has 0 spiro atoms. The maximum atomic E-state index is 13.1. The molecule has 0 saturated carbocycles. The third-order valence-corrected chi connectivity index (χ3v) is 6.54. The van der Waals surface area contributed by atoms with Crippen molar-refractivity contribution >= 4 is 15.4 Å². The van der Waals surface area contributed by atoms with E-state index in [2.05, 4.69) is 17.3 Å². The number of sulfone groups is 1. The molecule has 1 unspecified atom stereocenters. The molecule has 25 heavy (non-hydrogen) atoms. The fourth-order valence-corrected chi connectivity index (χ4v) is 4.94. The largest absolute Gasteiger partial charge is 0.318 e. The second-order valence-corrected chi connectivity index (χ2v) is 8.47. The van der Waals surface area contributed by atoms with Crippen molar-refractivity contribution in [3.05, 3.63) is 71.8 Å². The minimum atomic E-state index is -3.45. The van der Waals surface area contributed by atoms with E-state index in [9.17, 15) is 8.42 Å². The van der Waals surface area contributed by atoms with Crippen molar-refractivity contribution in [1.29, 1.82) is 0 Å². The molecule has 4 nitrogen and oxygen atoms in total. The highest BCUT2D eigenvalue weighted by molar-refractivity contribution is 7.91. The van der Waals surface area contributed by atoms with Crippen molar-refractivity contribution in [1.82, 2.24) is 10.2 Å². The third kappa shape index (κ3) is 3.68. The zero-order chi connectivity index (χ0) is 17.9. The van der Waals surface area contributed by atoms with Crippen LogP contribution in [0.25, 0.3) is 5.57 Å². The molecular weight excluding hydrogens is 332 g/mol. The van der Waals surface area contributed by atoms with E-state index in [-0.39, 0.29) is 0 Å². The van der Waals surface area contributed by atoms with Crippen molar-refractivity contribution < 1.29 is 8.42 Å². The van der Waals surface area contributed by atoms with E-state index < -0.39 is 15.1 Å². The highest BCUT2D eigenvalue weighted by Gasteiger charge is 2.34. The molecule has 1 aliphatic carbocycles. The van der Waals surface area contributed by atoms with E-state index in [4.69, 9.17) is 0 Å². The van der Waals surface area contributed by atoms with Crippen LogP contribution in [0.1, 0.15) is 16.4 Å². The van der Waals surface area contributed by atoms with Gasteiger partial charge in [-0.25, -0.2) is 8.42 Å². The Morgan fingerprint density at radius 2 is 1.72 bits per heavy atom. The molecule has 0 heterocycles. The number of nitrogens with one attached hydrogen (secondary N) is 1. The molecule has 1 N–H and O–H groups in total. The predicted octanol–water partition coefficient (Wildman–Crippen LogP) is 2.75. The summed E-state index contributed by atoms with van der Waals surface area (Å²) in [6.45, 7) is 2.54. The van der Waals surface area contributed by atoms with Crippen LogP contribution in [0.5, 0.6) is 0 Å². The molecule has 0 aliphatic heterocycles. The van der Waals surface area contributed by atoms with Gasteiger partial charge in [-0.1, -0.05) is 48.5 Å². The van der Waals surface area contributed by atoms with Gasteiger partial charge in [-0.05, 0) is 42.9 Å². The Labute approximate surface area is 150 Å². The molecule has 0 fully saturated rings. The van der Waals surface area contributed by atoms with E-state index in [0.717, 1.165) is 36.3 Å². The van der Waals surface area contributed by atoms with Crippen LogP contribution in [0.3, 0.4) is 0 Å². The van der Waals surface area contributed by atoms with Gasteiger partial charge in [0.05, 0.1) is 4.90 Å². The lowest BCUT2D eigenvalue weighted by atomic mass is 10.1. The molecule has 0 radical (unpaired) electrons. The number of benzene rings is 2. The maximum Gasteiger partial charge on any atom is 0.188 e. The van der Waals surface area contributed by atoms with Crippen LogP contribution in [-0.2, 0) is 9.84 Å². The Morgan fingerprint density at radius 1 is 1.04 bits per heavy atom. The van der Waals surface area contributed by atoms with Crippen molar-refractivity contribution in [2.24, 2.45) is 0 Å². The zero-order valence-electron chi connectivity index (χ0n) is 14.6. The molecule has 2 aromatic carbocycles. The normalized spacial score (nSPS) is 16.8. The number of rotatable bonds is 7. The van der Waals surface area contributed by atoms with Gasteiger partial charge in [0, 0.05) is 19.6 Å². The van der Waals surface area contributed by atoms with E-state index in [1.807, 2.05) is 43.5 Å². The van der Waals surface area contributed by atoms with Gasteiger partial charge >= 0.3 is 0 Å². The van der Waals surface area contributed by atoms with Crippen LogP contribution in [0.4, 0.5) is 0 Å². The maximum absolute atomic E-state index is 13.1. The number of nitrogens with zero attached hydrogens (tertiary/aromatic N) is 1. The molecular formula is C20H24N2O2S. The molecule has 0 aromatic heterocycles. The monoisotopic (exact) mass is 356 g/mol. The van der Waals surface area contributed by atoms with E-state index in [0.29, 0.717) is 4.90 Å². The summed E-state index contributed by atoms with van der Waals surface area (Å²) >= 11 is 0. The van der Waals surface area contributed by atoms with Crippen LogP contribution in [-0.4, -0.2) is 47.0 Å². The molecule has 5 heteroatoms. The average molecular weight is 356 g/mol. The highest BCUT2D eigenvalue weighted by Crippen LogP contribution is 2.41. The molecule has 3 rings (SSSR count). The first-order valence-corrected chi connectivity index (χ1v) is 10.0. The van der Waals surface area contributed by atoms with E-state index in [1.54, 1.807) is 24.3 Å². The Morgan fingerprint density at radius 3 is 2.44 bits per heavy atom. The summed E-state index contributed by atoms with van der Waals surface area (Å²) in [4.78, 5) is 2.58. The van der Waals surface area contributed by atoms with Gasteiger partial charge in [-0.2, -0.15) is 0 Å². The van der Waals surface area contributed by atoms with Crippen molar-refractivity contribution in [2.45, 2.75) is 10.1 Å². The molecule has 1 aliphatic rings. The summed E-state index contributed by atoms with van der Waals surface area (Å²) < 4.78 is 26.3. The second-order valence-electron chi connectivity index (χ2n) is 6.40. The van der Waals surface area contributed by atoms with Crippen LogP contribution in [0, 0.1) is 0 Å². The number of hydrogen-bond donors (Lipinski definition) is 1. The smallest absolute Gasteiger partial charge is 0.188 e. The van der Waals surface area contributed by atoms with Crippen molar-refractivity contribution in [3.8, 4) is 0 Å². The minimum absolute atomic E-state index is 0.371. The van der Waals surface area contributed by atoms with Gasteiger partial charge in [-0.15, -0.1) is 0 Å². The Hall–Kier alpha value is -1.95. The molecule has 0 amide bonds. The lowest BCUT2D eigenvalue weighted by Crippen LogP contribution is -2.28. The van der Waals surface area contributed by atoms with Gasteiger partial charge in [0.15, 0.2) is 9.84 Å².